The van der Waals surface area contributed by atoms with Crippen LogP contribution in [0, 0.1) is 0 Å². The number of aromatic amines is 2. The molecular formula is C15H11Cl2N3O2. The van der Waals surface area contributed by atoms with Crippen LogP contribution in [0.1, 0.15) is 5.56 Å². The molecule has 0 bridgehead atoms. The lowest BCUT2D eigenvalue weighted by atomic mass is 10.1. The topological polar surface area (TPSA) is 77.8 Å². The summed E-state index contributed by atoms with van der Waals surface area (Å²) in [5.74, 6) is -0.207. The molecule has 0 atom stereocenters. The minimum Gasteiger partial charge on any atom is -0.326 e. The maximum Gasteiger partial charge on any atom is 0.323 e. The number of fused-ring (bicyclic) bond motifs is 1. The normalized spacial score (nSPS) is 10.8. The standard InChI is InChI=1S/C15H11Cl2N3O2/c16-9-2-1-8(11(17)6-9)5-14(21)18-10-3-4-12-13(7-10)20-15(22)19-12/h1-4,6-7H,5H2,(H,18,21)(H2,19,20,22). The molecule has 2 aromatic carbocycles. The average molecular weight is 336 g/mol. The minimum atomic E-state index is -0.286. The van der Waals surface area contributed by atoms with Gasteiger partial charge in [-0.1, -0.05) is 29.3 Å². The van der Waals surface area contributed by atoms with Gasteiger partial charge in [-0.2, -0.15) is 0 Å². The molecule has 1 amide bonds. The minimum absolute atomic E-state index is 0.137. The molecule has 3 rings (SSSR count). The van der Waals surface area contributed by atoms with Crippen molar-refractivity contribution in [1.29, 1.82) is 0 Å². The number of carbonyl (C=O) groups excluding carboxylic acids is 1. The Morgan fingerprint density at radius 3 is 2.59 bits per heavy atom. The van der Waals surface area contributed by atoms with E-state index in [1.165, 1.54) is 0 Å². The van der Waals surface area contributed by atoms with E-state index >= 15 is 0 Å². The molecule has 1 heterocycles. The number of carbonyl (C=O) groups is 1. The van der Waals surface area contributed by atoms with Crippen LogP contribution in [0.4, 0.5) is 5.69 Å². The molecule has 0 spiro atoms. The number of halogens is 2. The fraction of sp³-hybridized carbons (Fsp3) is 0.0667. The number of hydrogen-bond donors (Lipinski definition) is 3. The fourth-order valence-corrected chi connectivity index (χ4v) is 2.63. The molecule has 5 nitrogen and oxygen atoms in total. The highest BCUT2D eigenvalue weighted by Gasteiger charge is 2.09. The lowest BCUT2D eigenvalue weighted by Crippen LogP contribution is -2.14. The Bertz CT molecular complexity index is 915. The van der Waals surface area contributed by atoms with Gasteiger partial charge >= 0.3 is 5.69 Å². The highest BCUT2D eigenvalue weighted by Crippen LogP contribution is 2.22. The number of benzene rings is 2. The molecule has 0 unspecified atom stereocenters. The van der Waals surface area contributed by atoms with Crippen molar-refractivity contribution in [3.05, 3.63) is 62.5 Å². The van der Waals surface area contributed by atoms with E-state index in [1.54, 1.807) is 36.4 Å². The largest absolute Gasteiger partial charge is 0.326 e. The summed E-state index contributed by atoms with van der Waals surface area (Å²) in [5.41, 5.74) is 2.32. The smallest absolute Gasteiger partial charge is 0.323 e. The summed E-state index contributed by atoms with van der Waals surface area (Å²) >= 11 is 11.9. The molecular weight excluding hydrogens is 325 g/mol. The summed E-state index contributed by atoms with van der Waals surface area (Å²) in [6.45, 7) is 0. The van der Waals surface area contributed by atoms with Crippen molar-refractivity contribution in [3.63, 3.8) is 0 Å². The van der Waals surface area contributed by atoms with Crippen LogP contribution in [0.25, 0.3) is 11.0 Å². The van der Waals surface area contributed by atoms with Crippen molar-refractivity contribution >= 4 is 45.8 Å². The van der Waals surface area contributed by atoms with Crippen LogP contribution in [-0.4, -0.2) is 15.9 Å². The zero-order valence-corrected chi connectivity index (χ0v) is 12.8. The molecule has 22 heavy (non-hydrogen) atoms. The highest BCUT2D eigenvalue weighted by molar-refractivity contribution is 6.35. The lowest BCUT2D eigenvalue weighted by molar-refractivity contribution is -0.115. The molecule has 3 aromatic rings. The molecule has 0 aliphatic rings. The first-order valence-corrected chi connectivity index (χ1v) is 7.23. The number of aromatic nitrogens is 2. The Hall–Kier alpha value is -2.24. The Balaban J connectivity index is 1.76. The summed E-state index contributed by atoms with van der Waals surface area (Å²) in [7, 11) is 0. The maximum absolute atomic E-state index is 12.1. The van der Waals surface area contributed by atoms with Gasteiger partial charge < -0.3 is 15.3 Å². The molecule has 0 saturated carbocycles. The van der Waals surface area contributed by atoms with E-state index in [2.05, 4.69) is 15.3 Å². The molecule has 7 heteroatoms. The van der Waals surface area contributed by atoms with Crippen molar-refractivity contribution in [1.82, 2.24) is 9.97 Å². The Labute approximate surface area is 135 Å². The predicted molar refractivity (Wildman–Crippen MR) is 87.7 cm³/mol. The highest BCUT2D eigenvalue weighted by atomic mass is 35.5. The van der Waals surface area contributed by atoms with Crippen LogP contribution < -0.4 is 11.0 Å². The predicted octanol–water partition coefficient (Wildman–Crippen LogP) is 3.34. The molecule has 112 valence electrons. The Morgan fingerprint density at radius 1 is 1.05 bits per heavy atom. The van der Waals surface area contributed by atoms with Crippen molar-refractivity contribution in [2.75, 3.05) is 5.32 Å². The van der Waals surface area contributed by atoms with E-state index in [1.807, 2.05) is 0 Å². The number of hydrogen-bond acceptors (Lipinski definition) is 2. The number of anilines is 1. The summed E-state index contributed by atoms with van der Waals surface area (Å²) in [6, 6.07) is 10.1. The molecule has 0 aliphatic heterocycles. The number of rotatable bonds is 3. The first-order valence-electron chi connectivity index (χ1n) is 6.47. The zero-order valence-electron chi connectivity index (χ0n) is 11.2. The van der Waals surface area contributed by atoms with Crippen LogP contribution in [0.15, 0.2) is 41.2 Å². The van der Waals surface area contributed by atoms with E-state index in [0.717, 1.165) is 0 Å². The van der Waals surface area contributed by atoms with Gasteiger partial charge in [0.25, 0.3) is 0 Å². The van der Waals surface area contributed by atoms with Crippen molar-refractivity contribution < 1.29 is 4.79 Å². The van der Waals surface area contributed by atoms with E-state index in [0.29, 0.717) is 32.3 Å². The monoisotopic (exact) mass is 335 g/mol. The second-order valence-electron chi connectivity index (χ2n) is 4.80. The number of nitrogens with one attached hydrogen (secondary N) is 3. The van der Waals surface area contributed by atoms with Crippen LogP contribution in [-0.2, 0) is 11.2 Å². The van der Waals surface area contributed by atoms with Gasteiger partial charge in [-0.05, 0) is 35.9 Å². The van der Waals surface area contributed by atoms with Gasteiger partial charge in [0.1, 0.15) is 0 Å². The van der Waals surface area contributed by atoms with Gasteiger partial charge in [-0.25, -0.2) is 4.79 Å². The molecule has 0 radical (unpaired) electrons. The number of H-pyrrole nitrogens is 2. The Kier molecular flexibility index (Phi) is 3.92. The lowest BCUT2D eigenvalue weighted by Gasteiger charge is -2.07. The summed E-state index contributed by atoms with van der Waals surface area (Å²) in [6.07, 6.45) is 0.137. The van der Waals surface area contributed by atoms with Crippen molar-refractivity contribution in [2.24, 2.45) is 0 Å². The van der Waals surface area contributed by atoms with Crippen molar-refractivity contribution in [2.45, 2.75) is 6.42 Å². The van der Waals surface area contributed by atoms with Gasteiger partial charge in [-0.3, -0.25) is 4.79 Å². The molecule has 0 fully saturated rings. The van der Waals surface area contributed by atoms with E-state index in [9.17, 15) is 9.59 Å². The maximum atomic E-state index is 12.1. The molecule has 0 aliphatic carbocycles. The third-order valence-electron chi connectivity index (χ3n) is 3.17. The van der Waals surface area contributed by atoms with E-state index in [4.69, 9.17) is 23.2 Å². The summed E-state index contributed by atoms with van der Waals surface area (Å²) < 4.78 is 0. The number of amides is 1. The first kappa shape index (κ1) is 14.7. The quantitative estimate of drug-likeness (QED) is 0.686. The van der Waals surface area contributed by atoms with Crippen LogP contribution >= 0.6 is 23.2 Å². The van der Waals surface area contributed by atoms with Gasteiger partial charge in [0.2, 0.25) is 5.91 Å². The zero-order chi connectivity index (χ0) is 15.7. The van der Waals surface area contributed by atoms with Gasteiger partial charge in [0.15, 0.2) is 0 Å². The molecule has 0 saturated heterocycles. The van der Waals surface area contributed by atoms with Gasteiger partial charge in [0.05, 0.1) is 17.5 Å². The van der Waals surface area contributed by atoms with Crippen LogP contribution in [0.2, 0.25) is 10.0 Å². The summed E-state index contributed by atoms with van der Waals surface area (Å²) in [5, 5.41) is 3.74. The van der Waals surface area contributed by atoms with E-state index < -0.39 is 0 Å². The Morgan fingerprint density at radius 2 is 1.82 bits per heavy atom. The second-order valence-corrected chi connectivity index (χ2v) is 5.64. The third kappa shape index (κ3) is 3.16. The molecule has 1 aromatic heterocycles. The molecule has 3 N–H and O–H groups in total. The second kappa shape index (κ2) is 5.87. The fourth-order valence-electron chi connectivity index (χ4n) is 2.15. The van der Waals surface area contributed by atoms with Gasteiger partial charge in [0, 0.05) is 15.7 Å². The average Bonchev–Trinajstić information content (AvgIpc) is 2.81. The van der Waals surface area contributed by atoms with E-state index in [-0.39, 0.29) is 18.0 Å². The van der Waals surface area contributed by atoms with Crippen molar-refractivity contribution in [3.8, 4) is 0 Å². The van der Waals surface area contributed by atoms with Gasteiger partial charge in [-0.15, -0.1) is 0 Å². The van der Waals surface area contributed by atoms with Crippen LogP contribution in [0.3, 0.4) is 0 Å². The third-order valence-corrected chi connectivity index (χ3v) is 3.75. The number of imidazole rings is 1. The first-order chi connectivity index (χ1) is 10.5. The summed E-state index contributed by atoms with van der Waals surface area (Å²) in [4.78, 5) is 28.6. The van der Waals surface area contributed by atoms with Crippen LogP contribution in [0.5, 0.6) is 0 Å². The SMILES string of the molecule is O=C(Cc1ccc(Cl)cc1Cl)Nc1ccc2[nH]c(=O)[nH]c2c1.